The molecule has 1 fully saturated rings. The van der Waals surface area contributed by atoms with Crippen molar-refractivity contribution in [1.29, 1.82) is 0 Å². The Morgan fingerprint density at radius 3 is 3.09 bits per heavy atom. The summed E-state index contributed by atoms with van der Waals surface area (Å²) in [7, 11) is 1.64. The third kappa shape index (κ3) is 5.29. The number of aliphatic hydroxyl groups excluding tert-OH is 1. The number of nitrogens with one attached hydrogen (secondary N) is 1. The van der Waals surface area contributed by atoms with E-state index < -0.39 is 6.10 Å². The number of rotatable bonds is 6. The van der Waals surface area contributed by atoms with Crippen LogP contribution < -0.4 is 5.32 Å². The highest BCUT2D eigenvalue weighted by Crippen LogP contribution is 2.15. The molecule has 1 aliphatic heterocycles. The highest BCUT2D eigenvalue weighted by Gasteiger charge is 2.21. The van der Waals surface area contributed by atoms with Gasteiger partial charge in [0.15, 0.2) is 0 Å². The highest BCUT2D eigenvalue weighted by atomic mass is 16.5. The van der Waals surface area contributed by atoms with E-state index in [1.807, 2.05) is 24.3 Å². The van der Waals surface area contributed by atoms with Gasteiger partial charge < -0.3 is 24.8 Å². The Kier molecular flexibility index (Phi) is 6.64. The molecular formula is C16H24N2O4. The van der Waals surface area contributed by atoms with Crippen LogP contribution in [0.15, 0.2) is 24.3 Å². The molecule has 2 amide bonds. The van der Waals surface area contributed by atoms with E-state index in [4.69, 9.17) is 9.47 Å². The van der Waals surface area contributed by atoms with E-state index in [2.05, 4.69) is 5.32 Å². The number of amides is 2. The second-order valence-corrected chi connectivity index (χ2v) is 5.42. The van der Waals surface area contributed by atoms with Crippen LogP contribution in [-0.2, 0) is 16.1 Å². The van der Waals surface area contributed by atoms with E-state index in [1.54, 1.807) is 12.0 Å². The zero-order valence-electron chi connectivity index (χ0n) is 13.0. The van der Waals surface area contributed by atoms with E-state index in [-0.39, 0.29) is 6.03 Å². The van der Waals surface area contributed by atoms with Crippen molar-refractivity contribution < 1.29 is 19.4 Å². The van der Waals surface area contributed by atoms with Crippen molar-refractivity contribution in [2.45, 2.75) is 25.6 Å². The summed E-state index contributed by atoms with van der Waals surface area (Å²) in [4.78, 5) is 13.8. The Bertz CT molecular complexity index is 481. The number of β-amino-alcohol motifs (C(OH)–C–C–N with tert-alkyl or cyclic N) is 1. The molecule has 1 saturated heterocycles. The zero-order valence-corrected chi connectivity index (χ0v) is 13.0. The molecule has 122 valence electrons. The highest BCUT2D eigenvalue weighted by molar-refractivity contribution is 5.89. The van der Waals surface area contributed by atoms with Gasteiger partial charge in [-0.1, -0.05) is 12.1 Å². The molecule has 1 aromatic rings. The lowest BCUT2D eigenvalue weighted by Crippen LogP contribution is -2.44. The lowest BCUT2D eigenvalue weighted by Gasteiger charge is -2.30. The molecule has 2 N–H and O–H groups in total. The maximum Gasteiger partial charge on any atom is 0.321 e. The minimum absolute atomic E-state index is 0.170. The number of piperidine rings is 1. The van der Waals surface area contributed by atoms with Gasteiger partial charge in [-0.2, -0.15) is 0 Å². The molecule has 1 aromatic carbocycles. The Hall–Kier alpha value is -1.63. The summed E-state index contributed by atoms with van der Waals surface area (Å²) >= 11 is 0. The summed E-state index contributed by atoms with van der Waals surface area (Å²) in [5.41, 5.74) is 1.73. The minimum atomic E-state index is -0.417. The number of likely N-dealkylation sites (tertiary alicyclic amines) is 1. The van der Waals surface area contributed by atoms with Gasteiger partial charge in [-0.15, -0.1) is 0 Å². The number of anilines is 1. The number of benzene rings is 1. The van der Waals surface area contributed by atoms with Gasteiger partial charge >= 0.3 is 6.03 Å². The van der Waals surface area contributed by atoms with Gasteiger partial charge in [-0.25, -0.2) is 4.79 Å². The first-order chi connectivity index (χ1) is 10.7. The van der Waals surface area contributed by atoms with Crippen LogP contribution in [0.3, 0.4) is 0 Å². The maximum atomic E-state index is 12.2. The van der Waals surface area contributed by atoms with Gasteiger partial charge in [0.1, 0.15) is 0 Å². The summed E-state index contributed by atoms with van der Waals surface area (Å²) in [6.45, 7) is 2.66. The average molecular weight is 308 g/mol. The van der Waals surface area contributed by atoms with Crippen molar-refractivity contribution in [3.8, 4) is 0 Å². The van der Waals surface area contributed by atoms with E-state index in [0.29, 0.717) is 32.9 Å². The summed E-state index contributed by atoms with van der Waals surface area (Å²) in [5.74, 6) is 0. The summed E-state index contributed by atoms with van der Waals surface area (Å²) < 4.78 is 10.4. The number of hydrogen-bond donors (Lipinski definition) is 2. The van der Waals surface area contributed by atoms with Crippen molar-refractivity contribution >= 4 is 11.7 Å². The number of aliphatic hydroxyl groups is 1. The van der Waals surface area contributed by atoms with Gasteiger partial charge in [0.05, 0.1) is 25.9 Å². The number of urea groups is 1. The Balaban J connectivity index is 1.85. The molecule has 0 spiro atoms. The Labute approximate surface area is 131 Å². The molecule has 1 heterocycles. The molecule has 0 aliphatic carbocycles. The average Bonchev–Trinajstić information content (AvgIpc) is 2.52. The number of hydrogen-bond acceptors (Lipinski definition) is 4. The van der Waals surface area contributed by atoms with Gasteiger partial charge in [0.2, 0.25) is 0 Å². The molecule has 2 rings (SSSR count). The van der Waals surface area contributed by atoms with Crippen LogP contribution >= 0.6 is 0 Å². The van der Waals surface area contributed by atoms with Crippen LogP contribution in [-0.4, -0.2) is 55.6 Å². The molecule has 6 nitrogen and oxygen atoms in total. The van der Waals surface area contributed by atoms with Crippen molar-refractivity contribution in [3.05, 3.63) is 29.8 Å². The molecule has 1 atom stereocenters. The molecule has 0 aromatic heterocycles. The first-order valence-corrected chi connectivity index (χ1v) is 7.58. The summed E-state index contributed by atoms with van der Waals surface area (Å²) in [5, 5.41) is 12.5. The van der Waals surface area contributed by atoms with E-state index in [0.717, 1.165) is 24.1 Å². The zero-order chi connectivity index (χ0) is 15.8. The molecule has 0 bridgehead atoms. The fraction of sp³-hybridized carbons (Fsp3) is 0.562. The van der Waals surface area contributed by atoms with Gasteiger partial charge in [-0.05, 0) is 30.5 Å². The van der Waals surface area contributed by atoms with Gasteiger partial charge in [0.25, 0.3) is 0 Å². The Morgan fingerprint density at radius 1 is 1.45 bits per heavy atom. The predicted octanol–water partition coefficient (Wildman–Crippen LogP) is 1.84. The molecule has 0 saturated carbocycles. The summed E-state index contributed by atoms with van der Waals surface area (Å²) in [6, 6.07) is 7.40. The fourth-order valence-corrected chi connectivity index (χ4v) is 2.41. The number of carbonyl (C=O) groups is 1. The first-order valence-electron chi connectivity index (χ1n) is 7.58. The largest absolute Gasteiger partial charge is 0.391 e. The first kappa shape index (κ1) is 16.7. The van der Waals surface area contributed by atoms with Crippen LogP contribution in [0.4, 0.5) is 10.5 Å². The van der Waals surface area contributed by atoms with Crippen LogP contribution in [0, 0.1) is 0 Å². The standard InChI is InChI=1S/C16H24N2O4/c1-21-8-9-22-12-13-4-2-5-14(10-13)17-16(20)18-7-3-6-15(19)11-18/h2,4-5,10,15,19H,3,6-9,11-12H2,1H3,(H,17,20)/t15-/m1/s1. The third-order valence-corrected chi connectivity index (χ3v) is 3.56. The quantitative estimate of drug-likeness (QED) is 0.787. The summed E-state index contributed by atoms with van der Waals surface area (Å²) in [6.07, 6.45) is 1.18. The van der Waals surface area contributed by atoms with E-state index in [9.17, 15) is 9.90 Å². The monoisotopic (exact) mass is 308 g/mol. The van der Waals surface area contributed by atoms with Crippen molar-refractivity contribution in [2.24, 2.45) is 0 Å². The third-order valence-electron chi connectivity index (χ3n) is 3.56. The molecule has 0 unspecified atom stereocenters. The van der Waals surface area contributed by atoms with Crippen LogP contribution in [0.1, 0.15) is 18.4 Å². The predicted molar refractivity (Wildman–Crippen MR) is 83.8 cm³/mol. The second-order valence-electron chi connectivity index (χ2n) is 5.42. The number of carbonyl (C=O) groups excluding carboxylic acids is 1. The molecule has 6 heteroatoms. The second kappa shape index (κ2) is 8.73. The van der Waals surface area contributed by atoms with Gasteiger partial charge in [0, 0.05) is 25.9 Å². The molecule has 0 radical (unpaired) electrons. The smallest absolute Gasteiger partial charge is 0.321 e. The molecular weight excluding hydrogens is 284 g/mol. The number of nitrogens with zero attached hydrogens (tertiary/aromatic N) is 1. The van der Waals surface area contributed by atoms with E-state index in [1.165, 1.54) is 0 Å². The SMILES string of the molecule is COCCOCc1cccc(NC(=O)N2CCC[C@@H](O)C2)c1. The lowest BCUT2D eigenvalue weighted by molar-refractivity contribution is 0.0617. The van der Waals surface area contributed by atoms with Crippen molar-refractivity contribution in [2.75, 3.05) is 38.7 Å². The van der Waals surface area contributed by atoms with Crippen molar-refractivity contribution in [3.63, 3.8) is 0 Å². The van der Waals surface area contributed by atoms with Gasteiger partial charge in [-0.3, -0.25) is 0 Å². The maximum absolute atomic E-state index is 12.2. The Morgan fingerprint density at radius 2 is 2.32 bits per heavy atom. The van der Waals surface area contributed by atoms with E-state index >= 15 is 0 Å². The van der Waals surface area contributed by atoms with Crippen LogP contribution in [0.2, 0.25) is 0 Å². The fourth-order valence-electron chi connectivity index (χ4n) is 2.41. The van der Waals surface area contributed by atoms with Crippen LogP contribution in [0.25, 0.3) is 0 Å². The normalized spacial score (nSPS) is 18.3. The minimum Gasteiger partial charge on any atom is -0.391 e. The van der Waals surface area contributed by atoms with Crippen LogP contribution in [0.5, 0.6) is 0 Å². The topological polar surface area (TPSA) is 71.0 Å². The van der Waals surface area contributed by atoms with Crippen molar-refractivity contribution in [1.82, 2.24) is 4.90 Å². The number of ether oxygens (including phenoxy) is 2. The lowest BCUT2D eigenvalue weighted by atomic mass is 10.1. The number of methoxy groups -OCH3 is 1. The molecule has 1 aliphatic rings. The molecule has 22 heavy (non-hydrogen) atoms.